The molecule has 0 bridgehead atoms. The SMILES string of the molecule is CCCCCCc1ccc(/C=C/c2cc(-c3nc4ccccc4s3)nc(C3[N-]c4ccccc4S3)c2)s1.O=C(O)c1ccnc(-c2cc(C(=O)O)cc(-c3ncccn3)n2)c1.[Ru+]. The van der Waals surface area contributed by atoms with E-state index in [-0.39, 0.29) is 58.9 Å². The molecule has 8 aromatic rings. The van der Waals surface area contributed by atoms with Gasteiger partial charge in [-0.05, 0) is 108 Å². The van der Waals surface area contributed by atoms with E-state index in [4.69, 9.17) is 20.4 Å². The number of thiophene rings is 1. The summed E-state index contributed by atoms with van der Waals surface area (Å²) in [4.78, 5) is 52.9. The van der Waals surface area contributed by atoms with Gasteiger partial charge in [-0.25, -0.2) is 29.5 Å². The number of carboxylic acid groups (broad SMARTS) is 2. The van der Waals surface area contributed by atoms with E-state index in [9.17, 15) is 14.7 Å². The van der Waals surface area contributed by atoms with Gasteiger partial charge in [0.25, 0.3) is 0 Å². The molecule has 0 amide bonds. The van der Waals surface area contributed by atoms with Crippen LogP contribution in [0.1, 0.15) is 79.7 Å². The number of fused-ring (bicyclic) bond motifs is 2. The molecule has 1 aliphatic heterocycles. The van der Waals surface area contributed by atoms with Gasteiger partial charge >= 0.3 is 31.4 Å². The average molecular weight is 962 g/mol. The van der Waals surface area contributed by atoms with Crippen LogP contribution in [0.2, 0.25) is 0 Å². The minimum Gasteiger partial charge on any atom is -0.667 e. The van der Waals surface area contributed by atoms with Gasteiger partial charge in [0, 0.05) is 34.0 Å². The maximum Gasteiger partial charge on any atom is 1.00 e. The molecular formula is C47H38N7O4RuS3. The Morgan fingerprint density at radius 1 is 0.694 bits per heavy atom. The van der Waals surface area contributed by atoms with E-state index in [1.807, 2.05) is 23.5 Å². The van der Waals surface area contributed by atoms with Gasteiger partial charge < -0.3 is 15.5 Å². The maximum atomic E-state index is 11.4. The van der Waals surface area contributed by atoms with Crippen LogP contribution in [0.25, 0.3) is 61.3 Å². The number of para-hydroxylation sites is 2. The molecular weight excluding hydrogens is 924 g/mol. The van der Waals surface area contributed by atoms with Crippen LogP contribution in [-0.2, 0) is 25.9 Å². The van der Waals surface area contributed by atoms with Crippen molar-refractivity contribution >= 4 is 74.4 Å². The number of unbranched alkanes of at least 4 members (excludes halogenated alkanes) is 3. The van der Waals surface area contributed by atoms with Gasteiger partial charge in [-0.3, -0.25) is 9.97 Å². The standard InChI is InChI=1S/C31H28N3S3.C16H10N4O4.Ru/c1-2-3-4-5-10-22-17-18-23(35-22)16-15-21-19-26(30-33-24-11-6-8-13-28(24)36-30)32-27(20-21)31-34-25-12-7-9-14-29(25)37-31;21-15(22)9-2-5-17-11(6-9)12-7-10(16(23)24)8-13(20-12)14-18-3-1-4-19-14;/h6-9,11-20,30H,2-5,10H2,1H3;1-8H,(H,21,22)(H,23,24);/q-1;;+1/b16-15+;;. The summed E-state index contributed by atoms with van der Waals surface area (Å²) in [5.41, 5.74) is 5.81. The van der Waals surface area contributed by atoms with Crippen LogP contribution >= 0.6 is 34.4 Å². The molecule has 6 aromatic heterocycles. The van der Waals surface area contributed by atoms with Crippen molar-refractivity contribution in [3.63, 3.8) is 0 Å². The van der Waals surface area contributed by atoms with Crippen molar-refractivity contribution < 1.29 is 39.3 Å². The zero-order chi connectivity index (χ0) is 42.1. The second-order valence-electron chi connectivity index (χ2n) is 14.0. The Bertz CT molecular complexity index is 2810. The van der Waals surface area contributed by atoms with Crippen molar-refractivity contribution in [3.05, 3.63) is 159 Å². The summed E-state index contributed by atoms with van der Waals surface area (Å²) in [6.07, 6.45) is 15.2. The largest absolute Gasteiger partial charge is 1.00 e. The summed E-state index contributed by atoms with van der Waals surface area (Å²) in [7, 11) is 0. The number of thioether (sulfide) groups is 1. The fraction of sp³-hybridized carbons (Fsp3) is 0.149. The number of benzene rings is 2. The van der Waals surface area contributed by atoms with Crippen molar-refractivity contribution in [1.82, 2.24) is 29.9 Å². The molecule has 11 nitrogen and oxygen atoms in total. The number of aromatic nitrogens is 6. The van der Waals surface area contributed by atoms with E-state index in [1.165, 1.54) is 94.3 Å². The van der Waals surface area contributed by atoms with E-state index < -0.39 is 11.9 Å². The van der Waals surface area contributed by atoms with Gasteiger partial charge in [0.05, 0.1) is 38.4 Å². The third kappa shape index (κ3) is 10.9. The second-order valence-corrected chi connectivity index (χ2v) is 17.3. The van der Waals surface area contributed by atoms with Gasteiger partial charge in [-0.2, -0.15) is 0 Å². The Morgan fingerprint density at radius 2 is 1.47 bits per heavy atom. The number of rotatable bonds is 13. The summed E-state index contributed by atoms with van der Waals surface area (Å²) in [6, 6.07) is 32.4. The van der Waals surface area contributed by atoms with Gasteiger partial charge in [-0.1, -0.05) is 62.6 Å². The number of carbonyl (C=O) groups is 2. The van der Waals surface area contributed by atoms with Crippen molar-refractivity contribution in [2.45, 2.75) is 49.3 Å². The molecule has 62 heavy (non-hydrogen) atoms. The Labute approximate surface area is 383 Å². The number of pyridine rings is 3. The molecule has 311 valence electrons. The second kappa shape index (κ2) is 20.7. The third-order valence-corrected chi connectivity index (χ3v) is 12.9. The number of thiazole rings is 1. The van der Waals surface area contributed by atoms with Gasteiger partial charge in [0.15, 0.2) is 5.82 Å². The molecule has 15 heteroatoms. The predicted octanol–water partition coefficient (Wildman–Crippen LogP) is 12.5. The number of nitrogens with zero attached hydrogens (tertiary/aromatic N) is 7. The summed E-state index contributed by atoms with van der Waals surface area (Å²) in [6.45, 7) is 2.26. The number of carboxylic acids is 2. The van der Waals surface area contributed by atoms with Gasteiger partial charge in [0.1, 0.15) is 10.7 Å². The molecule has 1 radical (unpaired) electrons. The van der Waals surface area contributed by atoms with Crippen molar-refractivity contribution in [2.75, 3.05) is 0 Å². The van der Waals surface area contributed by atoms with Crippen molar-refractivity contribution in [3.8, 4) is 33.6 Å². The first-order valence-electron chi connectivity index (χ1n) is 19.6. The number of hydrogen-bond acceptors (Lipinski definition) is 11. The fourth-order valence-electron chi connectivity index (χ4n) is 6.51. The Morgan fingerprint density at radius 3 is 2.26 bits per heavy atom. The molecule has 2 aromatic carbocycles. The summed E-state index contributed by atoms with van der Waals surface area (Å²) >= 11 is 5.36. The van der Waals surface area contributed by atoms with Crippen LogP contribution in [0.3, 0.4) is 0 Å². The minimum atomic E-state index is -1.15. The van der Waals surface area contributed by atoms with Crippen LogP contribution in [0.4, 0.5) is 5.69 Å². The molecule has 0 aliphatic carbocycles. The molecule has 0 fully saturated rings. The van der Waals surface area contributed by atoms with Crippen LogP contribution in [-0.4, -0.2) is 52.1 Å². The van der Waals surface area contributed by atoms with Crippen LogP contribution < -0.4 is 0 Å². The first-order valence-corrected chi connectivity index (χ1v) is 22.1. The Kier molecular flexibility index (Phi) is 14.7. The number of aromatic carboxylic acids is 2. The first kappa shape index (κ1) is 44.1. The molecule has 0 spiro atoms. The number of hydrogen-bond donors (Lipinski definition) is 2. The Hall–Kier alpha value is -5.99. The molecule has 0 saturated carbocycles. The number of aryl methyl sites for hydroxylation is 1. The Balaban J connectivity index is 0.000000201. The third-order valence-electron chi connectivity index (χ3n) is 9.53. The van der Waals surface area contributed by atoms with E-state index >= 15 is 0 Å². The monoisotopic (exact) mass is 962 g/mol. The average Bonchev–Trinajstić information content (AvgIpc) is 4.06. The van der Waals surface area contributed by atoms with E-state index in [1.54, 1.807) is 29.2 Å². The van der Waals surface area contributed by atoms with Crippen molar-refractivity contribution in [2.24, 2.45) is 0 Å². The molecule has 9 rings (SSSR count). The molecule has 1 atom stereocenters. The zero-order valence-electron chi connectivity index (χ0n) is 33.2. The van der Waals surface area contributed by atoms with E-state index in [0.717, 1.165) is 33.2 Å². The van der Waals surface area contributed by atoms with Crippen molar-refractivity contribution in [1.29, 1.82) is 0 Å². The van der Waals surface area contributed by atoms with Crippen LogP contribution in [0, 0.1) is 0 Å². The normalized spacial score (nSPS) is 12.9. The van der Waals surface area contributed by atoms with Gasteiger partial charge in [0.2, 0.25) is 0 Å². The van der Waals surface area contributed by atoms with E-state index in [0.29, 0.717) is 0 Å². The predicted molar refractivity (Wildman–Crippen MR) is 244 cm³/mol. The van der Waals surface area contributed by atoms with E-state index in [2.05, 4.69) is 99.7 Å². The van der Waals surface area contributed by atoms with Crippen LogP contribution in [0.15, 0.2) is 127 Å². The smallest absolute Gasteiger partial charge is 0.667 e. The fourth-order valence-corrected chi connectivity index (χ4v) is 9.44. The minimum absolute atomic E-state index is 0. The topological polar surface area (TPSA) is 166 Å². The molecule has 0 saturated heterocycles. The summed E-state index contributed by atoms with van der Waals surface area (Å²) in [5.74, 6) is -2.00. The molecule has 1 aliphatic rings. The van der Waals surface area contributed by atoms with Gasteiger partial charge in [-0.15, -0.1) is 40.1 Å². The molecule has 2 N–H and O–H groups in total. The zero-order valence-corrected chi connectivity index (χ0v) is 37.4. The maximum absolute atomic E-state index is 11.4. The summed E-state index contributed by atoms with van der Waals surface area (Å²) < 4.78 is 1.18. The summed E-state index contributed by atoms with van der Waals surface area (Å²) in [5, 5.41) is 24.2. The molecule has 7 heterocycles. The first-order chi connectivity index (χ1) is 29.8. The molecule has 1 unspecified atom stereocenters. The van der Waals surface area contributed by atoms with Crippen LogP contribution in [0.5, 0.6) is 0 Å². The quantitative estimate of drug-likeness (QED) is 0.0834.